The van der Waals surface area contributed by atoms with Gasteiger partial charge in [-0.05, 0) is 36.4 Å². The van der Waals surface area contributed by atoms with E-state index in [0.29, 0.717) is 26.4 Å². The zero-order chi connectivity index (χ0) is 18.7. The fraction of sp³-hybridized carbons (Fsp3) is 0.158. The number of hydrogen-bond donors (Lipinski definition) is 0. The third-order valence-corrected chi connectivity index (χ3v) is 5.15. The van der Waals surface area contributed by atoms with Gasteiger partial charge in [-0.25, -0.2) is 0 Å². The van der Waals surface area contributed by atoms with E-state index < -0.39 is 0 Å². The first kappa shape index (κ1) is 18.3. The number of thioether (sulfide) groups is 1. The Labute approximate surface area is 161 Å². The summed E-state index contributed by atoms with van der Waals surface area (Å²) in [5.41, 5.74) is 1.45. The van der Waals surface area contributed by atoms with Gasteiger partial charge in [-0.3, -0.25) is 9.69 Å². The number of rotatable bonds is 5. The molecule has 0 N–H and O–H groups in total. The number of anilines is 1. The summed E-state index contributed by atoms with van der Waals surface area (Å²) in [5.74, 6) is 1.72. The van der Waals surface area contributed by atoms with Gasteiger partial charge in [0.2, 0.25) is 0 Å². The SMILES string of the molecule is COc1ccc(N2C(=O)C(=Cc3cccc(OC)c3OC)SC2=S)cc1. The molecule has 5 nitrogen and oxygen atoms in total. The monoisotopic (exact) mass is 387 g/mol. The van der Waals surface area contributed by atoms with Crippen molar-refractivity contribution in [1.29, 1.82) is 0 Å². The summed E-state index contributed by atoms with van der Waals surface area (Å²) in [6, 6.07) is 12.7. The molecular formula is C19H17NO4S2. The molecule has 1 heterocycles. The third-order valence-electron chi connectivity index (χ3n) is 3.84. The third kappa shape index (κ3) is 3.40. The highest BCUT2D eigenvalue weighted by molar-refractivity contribution is 8.27. The van der Waals surface area contributed by atoms with Gasteiger partial charge in [0.25, 0.3) is 5.91 Å². The molecule has 0 radical (unpaired) electrons. The number of methoxy groups -OCH3 is 3. The molecule has 1 aliphatic rings. The number of thiocarbonyl (C=S) groups is 1. The lowest BCUT2D eigenvalue weighted by Gasteiger charge is -2.14. The van der Waals surface area contributed by atoms with Crippen LogP contribution >= 0.6 is 24.0 Å². The molecule has 2 aromatic rings. The molecule has 0 bridgehead atoms. The van der Waals surface area contributed by atoms with E-state index in [1.54, 1.807) is 57.7 Å². The number of para-hydroxylation sites is 1. The molecule has 0 saturated carbocycles. The molecule has 0 aliphatic carbocycles. The molecule has 1 aliphatic heterocycles. The molecule has 1 fully saturated rings. The van der Waals surface area contributed by atoms with E-state index in [-0.39, 0.29) is 5.91 Å². The van der Waals surface area contributed by atoms with Crippen LogP contribution < -0.4 is 19.1 Å². The van der Waals surface area contributed by atoms with E-state index in [9.17, 15) is 4.79 Å². The van der Waals surface area contributed by atoms with Gasteiger partial charge in [-0.2, -0.15) is 0 Å². The first-order chi connectivity index (χ1) is 12.6. The van der Waals surface area contributed by atoms with Gasteiger partial charge in [0, 0.05) is 5.56 Å². The highest BCUT2D eigenvalue weighted by Gasteiger charge is 2.33. The Hall–Kier alpha value is -2.51. The van der Waals surface area contributed by atoms with Crippen molar-refractivity contribution in [2.45, 2.75) is 0 Å². The van der Waals surface area contributed by atoms with Gasteiger partial charge in [-0.15, -0.1) is 0 Å². The molecule has 0 spiro atoms. The first-order valence-corrected chi connectivity index (χ1v) is 8.94. The second kappa shape index (κ2) is 7.80. The van der Waals surface area contributed by atoms with E-state index in [4.69, 9.17) is 26.4 Å². The average Bonchev–Trinajstić information content (AvgIpc) is 2.94. The van der Waals surface area contributed by atoms with Crippen molar-refractivity contribution in [3.8, 4) is 17.2 Å². The predicted octanol–water partition coefficient (Wildman–Crippen LogP) is 4.12. The van der Waals surface area contributed by atoms with Crippen molar-refractivity contribution >= 4 is 46.0 Å². The molecule has 1 amide bonds. The smallest absolute Gasteiger partial charge is 0.270 e. The summed E-state index contributed by atoms with van der Waals surface area (Å²) in [4.78, 5) is 14.9. The van der Waals surface area contributed by atoms with Crippen molar-refractivity contribution in [2.24, 2.45) is 0 Å². The summed E-state index contributed by atoms with van der Waals surface area (Å²) in [6.07, 6.45) is 1.77. The Morgan fingerprint density at radius 1 is 1.00 bits per heavy atom. The second-order valence-electron chi connectivity index (χ2n) is 5.30. The Bertz CT molecular complexity index is 878. The van der Waals surface area contributed by atoms with E-state index in [0.717, 1.165) is 11.3 Å². The summed E-state index contributed by atoms with van der Waals surface area (Å²) in [6.45, 7) is 0. The maximum atomic E-state index is 12.9. The van der Waals surface area contributed by atoms with Crippen molar-refractivity contribution in [2.75, 3.05) is 26.2 Å². The van der Waals surface area contributed by atoms with Crippen LogP contribution in [0, 0.1) is 0 Å². The highest BCUT2D eigenvalue weighted by atomic mass is 32.2. The van der Waals surface area contributed by atoms with E-state index in [2.05, 4.69) is 0 Å². The number of amides is 1. The fourth-order valence-electron chi connectivity index (χ4n) is 2.59. The number of benzene rings is 2. The van der Waals surface area contributed by atoms with Crippen LogP contribution in [0.15, 0.2) is 47.4 Å². The molecule has 2 aromatic carbocycles. The second-order valence-corrected chi connectivity index (χ2v) is 6.97. The number of carbonyl (C=O) groups excluding carboxylic acids is 1. The Kier molecular flexibility index (Phi) is 5.49. The minimum Gasteiger partial charge on any atom is -0.497 e. The normalized spacial score (nSPS) is 15.5. The average molecular weight is 387 g/mol. The van der Waals surface area contributed by atoms with Crippen molar-refractivity contribution < 1.29 is 19.0 Å². The largest absolute Gasteiger partial charge is 0.497 e. The van der Waals surface area contributed by atoms with Gasteiger partial charge >= 0.3 is 0 Å². The minimum absolute atomic E-state index is 0.171. The maximum Gasteiger partial charge on any atom is 0.270 e. The zero-order valence-corrected chi connectivity index (χ0v) is 16.1. The Morgan fingerprint density at radius 2 is 1.73 bits per heavy atom. The van der Waals surface area contributed by atoms with Gasteiger partial charge < -0.3 is 14.2 Å². The predicted molar refractivity (Wildman–Crippen MR) is 108 cm³/mol. The highest BCUT2D eigenvalue weighted by Crippen LogP contribution is 2.39. The Balaban J connectivity index is 1.95. The molecule has 7 heteroatoms. The van der Waals surface area contributed by atoms with Gasteiger partial charge in [0.1, 0.15) is 5.75 Å². The van der Waals surface area contributed by atoms with Crippen molar-refractivity contribution in [3.63, 3.8) is 0 Å². The summed E-state index contributed by atoms with van der Waals surface area (Å²) in [5, 5.41) is 0. The van der Waals surface area contributed by atoms with Gasteiger partial charge in [0.05, 0.1) is 31.9 Å². The van der Waals surface area contributed by atoms with Crippen LogP contribution in [0.5, 0.6) is 17.2 Å². The molecule has 3 rings (SSSR count). The lowest BCUT2D eigenvalue weighted by atomic mass is 10.1. The lowest BCUT2D eigenvalue weighted by molar-refractivity contribution is -0.113. The molecule has 0 atom stereocenters. The topological polar surface area (TPSA) is 48.0 Å². The van der Waals surface area contributed by atoms with Crippen LogP contribution in [0.4, 0.5) is 5.69 Å². The van der Waals surface area contributed by atoms with E-state index in [1.807, 2.05) is 12.1 Å². The number of ether oxygens (including phenoxy) is 3. The van der Waals surface area contributed by atoms with Crippen molar-refractivity contribution in [1.82, 2.24) is 0 Å². The number of carbonyl (C=O) groups is 1. The fourth-order valence-corrected chi connectivity index (χ4v) is 3.88. The summed E-state index contributed by atoms with van der Waals surface area (Å²) < 4.78 is 16.4. The molecular weight excluding hydrogens is 370 g/mol. The van der Waals surface area contributed by atoms with E-state index >= 15 is 0 Å². The lowest BCUT2D eigenvalue weighted by Crippen LogP contribution is -2.27. The molecule has 0 aromatic heterocycles. The van der Waals surface area contributed by atoms with Crippen LogP contribution in [0.3, 0.4) is 0 Å². The van der Waals surface area contributed by atoms with Gasteiger partial charge in [0.15, 0.2) is 15.8 Å². The van der Waals surface area contributed by atoms with Crippen LogP contribution in [-0.2, 0) is 4.79 Å². The quantitative estimate of drug-likeness (QED) is 0.568. The molecule has 26 heavy (non-hydrogen) atoms. The minimum atomic E-state index is -0.171. The standard InChI is InChI=1S/C19H17NO4S2/c1-22-14-9-7-13(8-10-14)20-18(21)16(26-19(20)25)11-12-5-4-6-15(23-2)17(12)24-3/h4-11H,1-3H3. The van der Waals surface area contributed by atoms with Crippen LogP contribution in [-0.4, -0.2) is 31.6 Å². The maximum absolute atomic E-state index is 12.9. The number of nitrogens with zero attached hydrogens (tertiary/aromatic N) is 1. The van der Waals surface area contributed by atoms with Crippen molar-refractivity contribution in [3.05, 3.63) is 52.9 Å². The number of hydrogen-bond acceptors (Lipinski definition) is 6. The first-order valence-electron chi connectivity index (χ1n) is 7.72. The van der Waals surface area contributed by atoms with Gasteiger partial charge in [-0.1, -0.05) is 36.1 Å². The van der Waals surface area contributed by atoms with E-state index in [1.165, 1.54) is 16.7 Å². The molecule has 134 valence electrons. The zero-order valence-electron chi connectivity index (χ0n) is 14.5. The van der Waals surface area contributed by atoms with Crippen LogP contribution in [0.2, 0.25) is 0 Å². The van der Waals surface area contributed by atoms with Crippen LogP contribution in [0.25, 0.3) is 6.08 Å². The van der Waals surface area contributed by atoms with Crippen LogP contribution in [0.1, 0.15) is 5.56 Å². The Morgan fingerprint density at radius 3 is 2.35 bits per heavy atom. The molecule has 0 unspecified atom stereocenters. The molecule has 1 saturated heterocycles. The summed E-state index contributed by atoms with van der Waals surface area (Å²) >= 11 is 6.66. The summed E-state index contributed by atoms with van der Waals surface area (Å²) in [7, 11) is 4.74.